The summed E-state index contributed by atoms with van der Waals surface area (Å²) in [7, 11) is 0. The molecule has 6 nitrogen and oxygen atoms in total. The predicted octanol–water partition coefficient (Wildman–Crippen LogP) is 2.84. The van der Waals surface area contributed by atoms with Gasteiger partial charge in [0.25, 0.3) is 0 Å². The van der Waals surface area contributed by atoms with Crippen molar-refractivity contribution in [2.75, 3.05) is 25.4 Å². The molecular weight excluding hydrogens is 308 g/mol. The number of nitrogens with zero attached hydrogens (tertiary/aromatic N) is 1. The standard InChI is InChI=1S/C18H20N2O4/c19-17-4-2-1-3-14(17)12-24-16-7-5-15(6-8-16)23-11-13-9-20(10-13)18(21)22/h1-8,13H,9-12,19H2,(H,21,22). The van der Waals surface area contributed by atoms with Crippen LogP contribution in [-0.2, 0) is 6.61 Å². The number of carboxylic acid groups (broad SMARTS) is 1. The molecule has 0 unspecified atom stereocenters. The zero-order chi connectivity index (χ0) is 16.9. The fourth-order valence-electron chi connectivity index (χ4n) is 2.50. The third-order valence-electron chi connectivity index (χ3n) is 3.99. The second-order valence-electron chi connectivity index (χ2n) is 5.82. The number of benzene rings is 2. The van der Waals surface area contributed by atoms with Crippen LogP contribution in [0.25, 0.3) is 0 Å². The Bertz CT molecular complexity index is 696. The minimum absolute atomic E-state index is 0.262. The van der Waals surface area contributed by atoms with Crippen molar-refractivity contribution in [3.63, 3.8) is 0 Å². The summed E-state index contributed by atoms with van der Waals surface area (Å²) < 4.78 is 11.4. The maximum absolute atomic E-state index is 10.7. The molecule has 24 heavy (non-hydrogen) atoms. The first-order chi connectivity index (χ1) is 11.6. The van der Waals surface area contributed by atoms with Crippen LogP contribution in [0.15, 0.2) is 48.5 Å². The number of para-hydroxylation sites is 1. The van der Waals surface area contributed by atoms with E-state index in [0.29, 0.717) is 32.0 Å². The minimum atomic E-state index is -0.869. The Kier molecular flexibility index (Phi) is 4.74. The first-order valence-corrected chi connectivity index (χ1v) is 7.79. The fraction of sp³-hybridized carbons (Fsp3) is 0.278. The molecule has 3 N–H and O–H groups in total. The lowest BCUT2D eigenvalue weighted by molar-refractivity contribution is 0.0585. The molecule has 1 amide bonds. The van der Waals surface area contributed by atoms with Crippen molar-refractivity contribution in [1.82, 2.24) is 4.90 Å². The van der Waals surface area contributed by atoms with Gasteiger partial charge in [-0.15, -0.1) is 0 Å². The smallest absolute Gasteiger partial charge is 0.407 e. The Balaban J connectivity index is 1.44. The van der Waals surface area contributed by atoms with Gasteiger partial charge in [-0.25, -0.2) is 4.79 Å². The van der Waals surface area contributed by atoms with Gasteiger partial charge in [-0.05, 0) is 30.3 Å². The van der Waals surface area contributed by atoms with E-state index in [9.17, 15) is 4.79 Å². The van der Waals surface area contributed by atoms with E-state index in [-0.39, 0.29) is 5.92 Å². The average molecular weight is 328 g/mol. The Labute approximate surface area is 140 Å². The largest absolute Gasteiger partial charge is 0.493 e. The summed E-state index contributed by atoms with van der Waals surface area (Å²) in [5.74, 6) is 1.75. The Morgan fingerprint density at radius 1 is 1.08 bits per heavy atom. The van der Waals surface area contributed by atoms with E-state index in [2.05, 4.69) is 0 Å². The second-order valence-corrected chi connectivity index (χ2v) is 5.82. The van der Waals surface area contributed by atoms with Crippen molar-refractivity contribution in [1.29, 1.82) is 0 Å². The highest BCUT2D eigenvalue weighted by Crippen LogP contribution is 2.22. The van der Waals surface area contributed by atoms with E-state index < -0.39 is 6.09 Å². The molecule has 0 bridgehead atoms. The zero-order valence-corrected chi connectivity index (χ0v) is 13.2. The molecule has 1 aliphatic heterocycles. The van der Waals surface area contributed by atoms with Crippen LogP contribution in [0.5, 0.6) is 11.5 Å². The SMILES string of the molecule is Nc1ccccc1COc1ccc(OCC2CN(C(=O)O)C2)cc1. The van der Waals surface area contributed by atoms with Crippen LogP contribution in [0.4, 0.5) is 10.5 Å². The number of hydrogen-bond acceptors (Lipinski definition) is 4. The van der Waals surface area contributed by atoms with E-state index in [4.69, 9.17) is 20.3 Å². The van der Waals surface area contributed by atoms with Crippen molar-refractivity contribution in [2.24, 2.45) is 5.92 Å². The predicted molar refractivity (Wildman–Crippen MR) is 90.2 cm³/mol. The van der Waals surface area contributed by atoms with Gasteiger partial charge < -0.3 is 25.2 Å². The number of likely N-dealkylation sites (tertiary alicyclic amines) is 1. The Morgan fingerprint density at radius 3 is 2.33 bits per heavy atom. The average Bonchev–Trinajstić information content (AvgIpc) is 2.53. The molecule has 3 rings (SSSR count). The van der Waals surface area contributed by atoms with E-state index in [1.54, 1.807) is 0 Å². The molecule has 0 aromatic heterocycles. The molecule has 0 radical (unpaired) electrons. The number of anilines is 1. The molecule has 0 saturated carbocycles. The number of amides is 1. The summed E-state index contributed by atoms with van der Waals surface area (Å²) >= 11 is 0. The van der Waals surface area contributed by atoms with E-state index in [1.807, 2.05) is 48.5 Å². The van der Waals surface area contributed by atoms with Gasteiger partial charge in [0.2, 0.25) is 0 Å². The lowest BCUT2D eigenvalue weighted by Gasteiger charge is -2.36. The van der Waals surface area contributed by atoms with Crippen molar-refractivity contribution >= 4 is 11.8 Å². The quantitative estimate of drug-likeness (QED) is 0.797. The van der Waals surface area contributed by atoms with E-state index in [1.165, 1.54) is 4.90 Å². The van der Waals surface area contributed by atoms with Gasteiger partial charge in [-0.2, -0.15) is 0 Å². The lowest BCUT2D eigenvalue weighted by atomic mass is 10.0. The molecule has 1 aliphatic rings. The van der Waals surface area contributed by atoms with Crippen molar-refractivity contribution in [3.05, 3.63) is 54.1 Å². The van der Waals surface area contributed by atoms with E-state index >= 15 is 0 Å². The molecule has 1 fully saturated rings. The minimum Gasteiger partial charge on any atom is -0.493 e. The first kappa shape index (κ1) is 16.0. The lowest BCUT2D eigenvalue weighted by Crippen LogP contribution is -2.51. The molecule has 0 atom stereocenters. The molecule has 1 heterocycles. The summed E-state index contributed by atoms with van der Waals surface area (Å²) in [5, 5.41) is 8.78. The van der Waals surface area contributed by atoms with Gasteiger partial charge in [-0.1, -0.05) is 18.2 Å². The highest BCUT2D eigenvalue weighted by atomic mass is 16.5. The van der Waals surface area contributed by atoms with Crippen LogP contribution < -0.4 is 15.2 Å². The number of nitrogens with two attached hydrogens (primary N) is 1. The number of ether oxygens (including phenoxy) is 2. The van der Waals surface area contributed by atoms with Crippen LogP contribution >= 0.6 is 0 Å². The maximum atomic E-state index is 10.7. The topological polar surface area (TPSA) is 85.0 Å². The van der Waals surface area contributed by atoms with Crippen LogP contribution in [-0.4, -0.2) is 35.8 Å². The molecule has 1 saturated heterocycles. The number of hydrogen-bond donors (Lipinski definition) is 2. The van der Waals surface area contributed by atoms with Crippen LogP contribution in [0.3, 0.4) is 0 Å². The summed E-state index contributed by atoms with van der Waals surface area (Å²) in [4.78, 5) is 12.1. The van der Waals surface area contributed by atoms with Crippen LogP contribution in [0, 0.1) is 5.92 Å². The third-order valence-corrected chi connectivity index (χ3v) is 3.99. The molecular formula is C18H20N2O4. The maximum Gasteiger partial charge on any atom is 0.407 e. The van der Waals surface area contributed by atoms with Gasteiger partial charge >= 0.3 is 6.09 Å². The molecule has 2 aromatic rings. The van der Waals surface area contributed by atoms with E-state index in [0.717, 1.165) is 17.1 Å². The first-order valence-electron chi connectivity index (χ1n) is 7.79. The van der Waals surface area contributed by atoms with Crippen molar-refractivity contribution in [2.45, 2.75) is 6.61 Å². The van der Waals surface area contributed by atoms with Gasteiger partial charge in [0.05, 0.1) is 6.61 Å². The van der Waals surface area contributed by atoms with Gasteiger partial charge in [0.15, 0.2) is 0 Å². The second kappa shape index (κ2) is 7.12. The van der Waals surface area contributed by atoms with Crippen LogP contribution in [0.2, 0.25) is 0 Å². The highest BCUT2D eigenvalue weighted by Gasteiger charge is 2.30. The number of rotatable bonds is 6. The molecule has 126 valence electrons. The summed E-state index contributed by atoms with van der Waals surface area (Å²) in [5.41, 5.74) is 7.55. The monoisotopic (exact) mass is 328 g/mol. The van der Waals surface area contributed by atoms with Gasteiger partial charge in [-0.3, -0.25) is 0 Å². The Hall–Kier alpha value is -2.89. The van der Waals surface area contributed by atoms with Crippen LogP contribution in [0.1, 0.15) is 5.56 Å². The van der Waals surface area contributed by atoms with Crippen molar-refractivity contribution < 1.29 is 19.4 Å². The molecule has 2 aromatic carbocycles. The summed E-state index contributed by atoms with van der Waals surface area (Å²) in [6, 6.07) is 15.0. The summed E-state index contributed by atoms with van der Waals surface area (Å²) in [6.45, 7) is 2.01. The number of carbonyl (C=O) groups is 1. The van der Waals surface area contributed by atoms with Crippen molar-refractivity contribution in [3.8, 4) is 11.5 Å². The third kappa shape index (κ3) is 3.90. The normalized spacial score (nSPS) is 14.1. The summed E-state index contributed by atoms with van der Waals surface area (Å²) in [6.07, 6.45) is -0.869. The number of nitrogen functional groups attached to an aromatic ring is 1. The molecule has 0 aliphatic carbocycles. The highest BCUT2D eigenvalue weighted by molar-refractivity contribution is 5.66. The fourth-order valence-corrected chi connectivity index (χ4v) is 2.50. The van der Waals surface area contributed by atoms with Gasteiger partial charge in [0, 0.05) is 30.3 Å². The zero-order valence-electron chi connectivity index (χ0n) is 13.2. The molecule has 6 heteroatoms. The molecule has 0 spiro atoms. The Morgan fingerprint density at radius 2 is 1.71 bits per heavy atom. The van der Waals surface area contributed by atoms with Gasteiger partial charge in [0.1, 0.15) is 18.1 Å².